The van der Waals surface area contributed by atoms with Crippen LogP contribution < -0.4 is 5.32 Å². The van der Waals surface area contributed by atoms with Crippen molar-refractivity contribution in [3.8, 4) is 11.3 Å². The number of likely N-dealkylation sites (tertiary alicyclic amines) is 1. The summed E-state index contributed by atoms with van der Waals surface area (Å²) in [6.07, 6.45) is 0.948. The average Bonchev–Trinajstić information content (AvgIpc) is 3.14. The Kier molecular flexibility index (Phi) is 3.82. The molecule has 1 saturated heterocycles. The number of fused-ring (bicyclic) bond motifs is 1. The molecule has 2 amide bonds. The minimum atomic E-state index is -0.0955. The summed E-state index contributed by atoms with van der Waals surface area (Å²) >= 11 is 0. The zero-order chi connectivity index (χ0) is 17.6. The van der Waals surface area contributed by atoms with Crippen LogP contribution in [0.25, 0.3) is 11.3 Å². The number of aromatic nitrogens is 2. The lowest BCUT2D eigenvalue weighted by Crippen LogP contribution is -2.52. The lowest BCUT2D eigenvalue weighted by Gasteiger charge is -2.39. The van der Waals surface area contributed by atoms with Gasteiger partial charge in [-0.25, -0.2) is 0 Å². The van der Waals surface area contributed by atoms with Crippen LogP contribution in [0, 0.1) is 11.8 Å². The fourth-order valence-corrected chi connectivity index (χ4v) is 4.00. The highest BCUT2D eigenvalue weighted by molar-refractivity contribution is 5.94. The lowest BCUT2D eigenvalue weighted by atomic mass is 9.71. The number of hydrogen-bond donors (Lipinski definition) is 1. The van der Waals surface area contributed by atoms with Gasteiger partial charge in [0.2, 0.25) is 5.91 Å². The van der Waals surface area contributed by atoms with E-state index in [4.69, 9.17) is 0 Å². The van der Waals surface area contributed by atoms with E-state index < -0.39 is 0 Å². The molecule has 130 valence electrons. The summed E-state index contributed by atoms with van der Waals surface area (Å²) in [6.45, 7) is 3.20. The topological polar surface area (TPSA) is 67.2 Å². The number of aryl methyl sites for hydroxylation is 1. The zero-order valence-corrected chi connectivity index (χ0v) is 14.5. The van der Waals surface area contributed by atoms with Crippen molar-refractivity contribution in [2.75, 3.05) is 13.1 Å². The summed E-state index contributed by atoms with van der Waals surface area (Å²) in [5, 5.41) is 7.59. The van der Waals surface area contributed by atoms with Crippen LogP contribution in [-0.4, -0.2) is 45.6 Å². The van der Waals surface area contributed by atoms with Crippen LogP contribution in [0.5, 0.6) is 0 Å². The van der Waals surface area contributed by atoms with Gasteiger partial charge in [-0.05, 0) is 18.4 Å². The summed E-state index contributed by atoms with van der Waals surface area (Å²) in [7, 11) is 1.79. The maximum absolute atomic E-state index is 12.7. The first-order chi connectivity index (χ1) is 12.0. The van der Waals surface area contributed by atoms with Crippen LogP contribution in [-0.2, 0) is 11.8 Å². The molecule has 1 saturated carbocycles. The molecular formula is C19H22N4O2. The van der Waals surface area contributed by atoms with Gasteiger partial charge in [0.05, 0.1) is 5.69 Å². The zero-order valence-electron chi connectivity index (χ0n) is 14.5. The van der Waals surface area contributed by atoms with Gasteiger partial charge in [0.25, 0.3) is 5.91 Å². The highest BCUT2D eigenvalue weighted by Crippen LogP contribution is 2.41. The molecule has 6 heteroatoms. The maximum Gasteiger partial charge on any atom is 0.269 e. The average molecular weight is 338 g/mol. The number of amides is 2. The molecule has 1 aromatic heterocycles. The molecule has 3 atom stereocenters. The van der Waals surface area contributed by atoms with Crippen LogP contribution in [0.3, 0.4) is 0 Å². The number of nitrogens with zero attached hydrogens (tertiary/aromatic N) is 3. The van der Waals surface area contributed by atoms with Gasteiger partial charge in [-0.15, -0.1) is 0 Å². The van der Waals surface area contributed by atoms with Gasteiger partial charge < -0.3 is 10.2 Å². The molecule has 1 aliphatic heterocycles. The van der Waals surface area contributed by atoms with Crippen molar-refractivity contribution in [1.29, 1.82) is 0 Å². The monoisotopic (exact) mass is 338 g/mol. The van der Waals surface area contributed by atoms with Crippen molar-refractivity contribution in [2.45, 2.75) is 19.4 Å². The Morgan fingerprint density at radius 2 is 1.96 bits per heavy atom. The number of nitrogens with one attached hydrogen (secondary N) is 1. The molecule has 2 fully saturated rings. The summed E-state index contributed by atoms with van der Waals surface area (Å²) in [5.41, 5.74) is 2.35. The van der Waals surface area contributed by atoms with Crippen LogP contribution in [0.2, 0.25) is 0 Å². The van der Waals surface area contributed by atoms with Crippen LogP contribution in [0.1, 0.15) is 23.8 Å². The van der Waals surface area contributed by atoms with Gasteiger partial charge >= 0.3 is 0 Å². The standard InChI is InChI=1S/C19H22N4O2/c1-12(24)23-10-14-8-17(15(14)11-23)20-19(25)18-9-16(21-22(18)2)13-6-4-3-5-7-13/h3-7,9,14-15,17H,8,10-11H2,1-2H3,(H,20,25). The molecule has 0 spiro atoms. The van der Waals surface area contributed by atoms with Crippen molar-refractivity contribution in [3.05, 3.63) is 42.1 Å². The predicted molar refractivity (Wildman–Crippen MR) is 93.7 cm³/mol. The third kappa shape index (κ3) is 2.81. The van der Waals surface area contributed by atoms with Gasteiger partial charge in [-0.3, -0.25) is 14.3 Å². The fourth-order valence-electron chi connectivity index (χ4n) is 4.00. The van der Waals surface area contributed by atoms with Gasteiger partial charge in [-0.1, -0.05) is 30.3 Å². The second kappa shape index (κ2) is 6.02. The molecule has 2 heterocycles. The predicted octanol–water partition coefficient (Wildman–Crippen LogP) is 1.68. The van der Waals surface area contributed by atoms with Crippen molar-refractivity contribution in [2.24, 2.45) is 18.9 Å². The van der Waals surface area contributed by atoms with Gasteiger partial charge in [0.15, 0.2) is 0 Å². The number of rotatable bonds is 3. The van der Waals surface area contributed by atoms with E-state index in [1.807, 2.05) is 41.3 Å². The van der Waals surface area contributed by atoms with Gasteiger partial charge in [-0.2, -0.15) is 5.10 Å². The van der Waals surface area contributed by atoms with E-state index in [0.717, 1.165) is 30.8 Å². The van der Waals surface area contributed by atoms with Crippen molar-refractivity contribution in [1.82, 2.24) is 20.0 Å². The SMILES string of the molecule is CC(=O)N1CC2CC(NC(=O)c3cc(-c4ccccc4)nn3C)C2C1. The molecule has 0 radical (unpaired) electrons. The number of carbonyl (C=O) groups excluding carboxylic acids is 2. The van der Waals surface area contributed by atoms with E-state index in [2.05, 4.69) is 10.4 Å². The molecule has 3 unspecified atom stereocenters. The Hall–Kier alpha value is -2.63. The Morgan fingerprint density at radius 3 is 2.68 bits per heavy atom. The summed E-state index contributed by atoms with van der Waals surface area (Å²) in [6, 6.07) is 11.8. The summed E-state index contributed by atoms with van der Waals surface area (Å²) in [5.74, 6) is 0.941. The Labute approximate surface area is 146 Å². The number of benzene rings is 1. The number of hydrogen-bond acceptors (Lipinski definition) is 3. The quantitative estimate of drug-likeness (QED) is 0.926. The molecule has 1 aliphatic carbocycles. The molecule has 25 heavy (non-hydrogen) atoms. The first kappa shape index (κ1) is 15.9. The van der Waals surface area contributed by atoms with Crippen molar-refractivity contribution >= 4 is 11.8 Å². The van der Waals surface area contributed by atoms with Gasteiger partial charge in [0.1, 0.15) is 5.69 Å². The third-order valence-electron chi connectivity index (χ3n) is 5.51. The summed E-state index contributed by atoms with van der Waals surface area (Å²) in [4.78, 5) is 26.1. The molecule has 1 aromatic carbocycles. The van der Waals surface area contributed by atoms with E-state index in [9.17, 15) is 9.59 Å². The Morgan fingerprint density at radius 1 is 1.20 bits per heavy atom. The third-order valence-corrected chi connectivity index (χ3v) is 5.51. The molecule has 6 nitrogen and oxygen atoms in total. The Bertz CT molecular complexity index is 814. The molecular weight excluding hydrogens is 316 g/mol. The van der Waals surface area contributed by atoms with Crippen LogP contribution in [0.15, 0.2) is 36.4 Å². The smallest absolute Gasteiger partial charge is 0.269 e. The fraction of sp³-hybridized carbons (Fsp3) is 0.421. The lowest BCUT2D eigenvalue weighted by molar-refractivity contribution is -0.127. The van der Waals surface area contributed by atoms with E-state index in [1.165, 1.54) is 0 Å². The van der Waals surface area contributed by atoms with Crippen LogP contribution in [0.4, 0.5) is 0 Å². The Balaban J connectivity index is 1.44. The van der Waals surface area contributed by atoms with E-state index in [1.54, 1.807) is 18.7 Å². The molecule has 0 bridgehead atoms. The maximum atomic E-state index is 12.7. The van der Waals surface area contributed by atoms with Crippen LogP contribution >= 0.6 is 0 Å². The first-order valence-corrected chi connectivity index (χ1v) is 8.69. The largest absolute Gasteiger partial charge is 0.348 e. The molecule has 1 N–H and O–H groups in total. The highest BCUT2D eigenvalue weighted by atomic mass is 16.2. The second-order valence-electron chi connectivity index (χ2n) is 7.07. The van der Waals surface area contributed by atoms with E-state index in [0.29, 0.717) is 17.5 Å². The first-order valence-electron chi connectivity index (χ1n) is 8.69. The van der Waals surface area contributed by atoms with E-state index in [-0.39, 0.29) is 17.9 Å². The van der Waals surface area contributed by atoms with E-state index >= 15 is 0 Å². The second-order valence-corrected chi connectivity index (χ2v) is 7.07. The molecule has 2 aliphatic rings. The summed E-state index contributed by atoms with van der Waals surface area (Å²) < 4.78 is 1.63. The molecule has 2 aromatic rings. The van der Waals surface area contributed by atoms with Crippen molar-refractivity contribution < 1.29 is 9.59 Å². The van der Waals surface area contributed by atoms with Crippen molar-refractivity contribution in [3.63, 3.8) is 0 Å². The minimum absolute atomic E-state index is 0.0955. The highest BCUT2D eigenvalue weighted by Gasteiger charge is 2.48. The minimum Gasteiger partial charge on any atom is -0.348 e. The number of carbonyl (C=O) groups is 2. The molecule has 4 rings (SSSR count). The normalized spacial score (nSPS) is 24.6. The van der Waals surface area contributed by atoms with Gasteiger partial charge in [0, 0.05) is 44.6 Å².